The van der Waals surface area contributed by atoms with E-state index in [-0.39, 0.29) is 23.5 Å². The quantitative estimate of drug-likeness (QED) is 0.787. The van der Waals surface area contributed by atoms with Gasteiger partial charge in [0.15, 0.2) is 9.84 Å². The molecule has 1 aliphatic rings. The summed E-state index contributed by atoms with van der Waals surface area (Å²) in [5.74, 6) is 0.665. The van der Waals surface area contributed by atoms with Crippen LogP contribution in [0.3, 0.4) is 0 Å². The highest BCUT2D eigenvalue weighted by molar-refractivity contribution is 7.91. The van der Waals surface area contributed by atoms with Gasteiger partial charge >= 0.3 is 0 Å². The van der Waals surface area contributed by atoms with Crippen molar-refractivity contribution in [2.24, 2.45) is 0 Å². The highest BCUT2D eigenvalue weighted by Crippen LogP contribution is 2.29. The van der Waals surface area contributed by atoms with Gasteiger partial charge in [0.25, 0.3) is 5.91 Å². The number of nitrogens with zero attached hydrogens (tertiary/aromatic N) is 2. The van der Waals surface area contributed by atoms with Gasteiger partial charge in [-0.3, -0.25) is 4.79 Å². The third kappa shape index (κ3) is 4.13. The van der Waals surface area contributed by atoms with Crippen molar-refractivity contribution in [3.8, 4) is 17.0 Å². The summed E-state index contributed by atoms with van der Waals surface area (Å²) in [6.07, 6.45) is 0.495. The Labute approximate surface area is 160 Å². The van der Waals surface area contributed by atoms with E-state index in [0.29, 0.717) is 30.0 Å². The molecule has 0 saturated carbocycles. The topological polar surface area (TPSA) is 76.6 Å². The van der Waals surface area contributed by atoms with Crippen LogP contribution < -0.4 is 4.74 Å². The van der Waals surface area contributed by atoms with E-state index >= 15 is 0 Å². The van der Waals surface area contributed by atoms with Gasteiger partial charge in [-0.2, -0.15) is 0 Å². The van der Waals surface area contributed by atoms with Crippen molar-refractivity contribution < 1.29 is 17.9 Å². The largest absolute Gasteiger partial charge is 0.494 e. The molecule has 3 rings (SSSR count). The maximum absolute atomic E-state index is 13.1. The summed E-state index contributed by atoms with van der Waals surface area (Å²) in [5, 5.41) is 0. The molecule has 144 valence electrons. The first kappa shape index (κ1) is 19.4. The minimum Gasteiger partial charge on any atom is -0.494 e. The van der Waals surface area contributed by atoms with Crippen LogP contribution in [0.25, 0.3) is 11.3 Å². The fraction of sp³-hybridized carbons (Fsp3) is 0.400. The second kappa shape index (κ2) is 7.68. The lowest BCUT2D eigenvalue weighted by Gasteiger charge is -2.27. The molecule has 0 radical (unpaired) electrons. The summed E-state index contributed by atoms with van der Waals surface area (Å²) in [5.41, 5.74) is 2.84. The molecule has 0 bridgehead atoms. The van der Waals surface area contributed by atoms with E-state index in [1.54, 1.807) is 24.1 Å². The Morgan fingerprint density at radius 2 is 2.07 bits per heavy atom. The first-order valence-electron chi connectivity index (χ1n) is 8.98. The van der Waals surface area contributed by atoms with Crippen LogP contribution in [-0.4, -0.2) is 55.4 Å². The second-order valence-corrected chi connectivity index (χ2v) is 8.96. The Kier molecular flexibility index (Phi) is 5.51. The average Bonchev–Trinajstić information content (AvgIpc) is 3.01. The van der Waals surface area contributed by atoms with Gasteiger partial charge in [-0.1, -0.05) is 12.1 Å². The van der Waals surface area contributed by atoms with Gasteiger partial charge in [0.05, 0.1) is 18.6 Å². The molecule has 1 amide bonds. The lowest BCUT2D eigenvalue weighted by molar-refractivity contribution is 0.0708. The molecule has 2 heterocycles. The summed E-state index contributed by atoms with van der Waals surface area (Å²) >= 11 is 0. The van der Waals surface area contributed by atoms with Crippen molar-refractivity contribution in [2.75, 3.05) is 25.2 Å². The van der Waals surface area contributed by atoms with Crippen molar-refractivity contribution in [1.29, 1.82) is 0 Å². The molecule has 1 aromatic heterocycles. The van der Waals surface area contributed by atoms with Crippen LogP contribution in [0, 0.1) is 6.92 Å². The number of ether oxygens (including phenoxy) is 1. The van der Waals surface area contributed by atoms with Gasteiger partial charge in [-0.15, -0.1) is 0 Å². The fourth-order valence-corrected chi connectivity index (χ4v) is 5.20. The molecule has 2 aromatic rings. The Bertz CT molecular complexity index is 956. The first-order chi connectivity index (χ1) is 12.8. The second-order valence-electron chi connectivity index (χ2n) is 6.73. The summed E-state index contributed by atoms with van der Waals surface area (Å²) in [7, 11) is -1.46. The standard InChI is InChI=1S/C20H24N2O4S/c1-4-22(17-10-11-27(24,25)13-17)20(23)16-7-5-6-15(12-16)19-18(26-3)9-8-14(2)21-19/h5-9,12,17H,4,10-11,13H2,1-3H3. The minimum atomic E-state index is -3.05. The number of carbonyl (C=O) groups excluding carboxylic acids is 1. The third-order valence-electron chi connectivity index (χ3n) is 4.85. The summed E-state index contributed by atoms with van der Waals surface area (Å²) in [6.45, 7) is 4.24. The zero-order chi connectivity index (χ0) is 19.6. The van der Waals surface area contributed by atoms with E-state index in [2.05, 4.69) is 4.98 Å². The monoisotopic (exact) mass is 388 g/mol. The molecular weight excluding hydrogens is 364 g/mol. The van der Waals surface area contributed by atoms with Gasteiger partial charge in [0.1, 0.15) is 11.4 Å². The number of hydrogen-bond donors (Lipinski definition) is 0. The highest BCUT2D eigenvalue weighted by Gasteiger charge is 2.34. The molecule has 0 spiro atoms. The number of hydrogen-bond acceptors (Lipinski definition) is 5. The third-order valence-corrected chi connectivity index (χ3v) is 6.60. The number of amides is 1. The van der Waals surface area contributed by atoms with E-state index in [1.165, 1.54) is 0 Å². The van der Waals surface area contributed by atoms with Crippen LogP contribution in [0.5, 0.6) is 5.75 Å². The Morgan fingerprint density at radius 3 is 2.70 bits per heavy atom. The van der Waals surface area contributed by atoms with Gasteiger partial charge in [-0.25, -0.2) is 13.4 Å². The zero-order valence-electron chi connectivity index (χ0n) is 15.8. The lowest BCUT2D eigenvalue weighted by Crippen LogP contribution is -2.40. The smallest absolute Gasteiger partial charge is 0.254 e. The average molecular weight is 388 g/mol. The maximum atomic E-state index is 13.1. The molecule has 1 atom stereocenters. The van der Waals surface area contributed by atoms with E-state index in [1.807, 2.05) is 38.1 Å². The van der Waals surface area contributed by atoms with Crippen LogP contribution in [0.15, 0.2) is 36.4 Å². The predicted molar refractivity (Wildman–Crippen MR) is 105 cm³/mol. The number of aromatic nitrogens is 1. The number of aryl methyl sites for hydroxylation is 1. The van der Waals surface area contributed by atoms with Crippen molar-refractivity contribution in [3.05, 3.63) is 47.7 Å². The Hall–Kier alpha value is -2.41. The van der Waals surface area contributed by atoms with Gasteiger partial charge < -0.3 is 9.64 Å². The number of carbonyl (C=O) groups is 1. The van der Waals surface area contributed by atoms with Crippen molar-refractivity contribution in [2.45, 2.75) is 26.3 Å². The predicted octanol–water partition coefficient (Wildman–Crippen LogP) is 2.71. The molecule has 0 N–H and O–H groups in total. The highest BCUT2D eigenvalue weighted by atomic mass is 32.2. The molecule has 27 heavy (non-hydrogen) atoms. The van der Waals surface area contributed by atoms with Crippen LogP contribution in [0.4, 0.5) is 0 Å². The van der Waals surface area contributed by atoms with E-state index < -0.39 is 9.84 Å². The van der Waals surface area contributed by atoms with Crippen molar-refractivity contribution in [3.63, 3.8) is 0 Å². The SMILES string of the molecule is CCN(C(=O)c1cccc(-c2nc(C)ccc2OC)c1)C1CCS(=O)(=O)C1. The number of sulfone groups is 1. The zero-order valence-corrected chi connectivity index (χ0v) is 16.6. The van der Waals surface area contributed by atoms with Crippen molar-refractivity contribution in [1.82, 2.24) is 9.88 Å². The molecule has 7 heteroatoms. The number of rotatable bonds is 5. The number of methoxy groups -OCH3 is 1. The van der Waals surface area contributed by atoms with Crippen LogP contribution in [0.2, 0.25) is 0 Å². The molecular formula is C20H24N2O4S. The fourth-order valence-electron chi connectivity index (χ4n) is 3.47. The Morgan fingerprint density at radius 1 is 1.30 bits per heavy atom. The summed E-state index contributed by atoms with van der Waals surface area (Å²) in [4.78, 5) is 19.3. The van der Waals surface area contributed by atoms with Crippen LogP contribution in [-0.2, 0) is 9.84 Å². The van der Waals surface area contributed by atoms with E-state index in [9.17, 15) is 13.2 Å². The molecule has 1 unspecified atom stereocenters. The van der Waals surface area contributed by atoms with Gasteiger partial charge in [0.2, 0.25) is 0 Å². The van der Waals surface area contributed by atoms with Gasteiger partial charge in [0, 0.05) is 29.4 Å². The Balaban J connectivity index is 1.93. The summed E-state index contributed by atoms with van der Waals surface area (Å²) in [6, 6.07) is 10.7. The van der Waals surface area contributed by atoms with E-state index in [4.69, 9.17) is 4.74 Å². The molecule has 1 aliphatic heterocycles. The lowest BCUT2D eigenvalue weighted by atomic mass is 10.0. The molecule has 1 fully saturated rings. The summed E-state index contributed by atoms with van der Waals surface area (Å²) < 4.78 is 29.0. The number of pyridine rings is 1. The van der Waals surface area contributed by atoms with Crippen LogP contribution >= 0.6 is 0 Å². The van der Waals surface area contributed by atoms with Crippen LogP contribution in [0.1, 0.15) is 29.4 Å². The molecule has 0 aliphatic carbocycles. The number of benzene rings is 1. The molecule has 6 nitrogen and oxygen atoms in total. The van der Waals surface area contributed by atoms with Gasteiger partial charge in [-0.05, 0) is 44.5 Å². The normalized spacial score (nSPS) is 18.3. The van der Waals surface area contributed by atoms with Crippen molar-refractivity contribution >= 4 is 15.7 Å². The molecule has 1 saturated heterocycles. The maximum Gasteiger partial charge on any atom is 0.254 e. The minimum absolute atomic E-state index is 0.0412. The first-order valence-corrected chi connectivity index (χ1v) is 10.8. The van der Waals surface area contributed by atoms with E-state index in [0.717, 1.165) is 11.3 Å². The molecule has 1 aromatic carbocycles.